The first-order valence-electron chi connectivity index (χ1n) is 5.41. The van der Waals surface area contributed by atoms with Crippen molar-refractivity contribution >= 4 is 16.7 Å². The molecule has 0 amide bonds. The Morgan fingerprint density at radius 1 is 1.31 bits per heavy atom. The van der Waals surface area contributed by atoms with E-state index in [4.69, 9.17) is 0 Å². The third-order valence-corrected chi connectivity index (χ3v) is 3.19. The van der Waals surface area contributed by atoms with Crippen molar-refractivity contribution in [2.75, 3.05) is 5.32 Å². The number of hydrogen-bond donors (Lipinski definition) is 1. The SMILES string of the molecule is CCc1ccc(C(C)Nc2ncns2)cc1. The summed E-state index contributed by atoms with van der Waals surface area (Å²) in [6.45, 7) is 4.29. The molecule has 0 fully saturated rings. The van der Waals surface area contributed by atoms with Crippen molar-refractivity contribution in [3.8, 4) is 0 Å². The van der Waals surface area contributed by atoms with Gasteiger partial charge in [-0.25, -0.2) is 4.98 Å². The van der Waals surface area contributed by atoms with Crippen LogP contribution in [0.25, 0.3) is 0 Å². The van der Waals surface area contributed by atoms with Crippen LogP contribution in [0.4, 0.5) is 5.13 Å². The maximum Gasteiger partial charge on any atom is 0.202 e. The van der Waals surface area contributed by atoms with E-state index in [0.717, 1.165) is 11.6 Å². The summed E-state index contributed by atoms with van der Waals surface area (Å²) < 4.78 is 3.96. The quantitative estimate of drug-likeness (QED) is 0.880. The van der Waals surface area contributed by atoms with Crippen LogP contribution in [0.15, 0.2) is 30.6 Å². The average Bonchev–Trinajstić information content (AvgIpc) is 2.82. The number of nitrogens with one attached hydrogen (secondary N) is 1. The highest BCUT2D eigenvalue weighted by Crippen LogP contribution is 2.19. The Hall–Kier alpha value is -1.42. The lowest BCUT2D eigenvalue weighted by Gasteiger charge is -2.13. The number of benzene rings is 1. The third kappa shape index (κ3) is 2.58. The molecule has 1 heterocycles. The van der Waals surface area contributed by atoms with E-state index in [1.165, 1.54) is 22.7 Å². The first kappa shape index (κ1) is 11.1. The Kier molecular flexibility index (Phi) is 3.51. The Labute approximate surface area is 99.7 Å². The topological polar surface area (TPSA) is 37.8 Å². The Morgan fingerprint density at radius 3 is 2.62 bits per heavy atom. The molecule has 4 heteroatoms. The van der Waals surface area contributed by atoms with Gasteiger partial charge in [0.1, 0.15) is 6.33 Å². The standard InChI is InChI=1S/C12H15N3S/c1-3-10-4-6-11(7-5-10)9(2)15-12-13-8-14-16-12/h4-9H,3H2,1-2H3,(H,13,14,15). The van der Waals surface area contributed by atoms with Gasteiger partial charge in [-0.3, -0.25) is 0 Å². The van der Waals surface area contributed by atoms with E-state index in [2.05, 4.69) is 52.8 Å². The number of aromatic nitrogens is 2. The van der Waals surface area contributed by atoms with Crippen LogP contribution in [0.1, 0.15) is 31.0 Å². The van der Waals surface area contributed by atoms with Crippen molar-refractivity contribution in [2.45, 2.75) is 26.3 Å². The third-order valence-electron chi connectivity index (χ3n) is 2.59. The van der Waals surface area contributed by atoms with Gasteiger partial charge in [-0.15, -0.1) is 0 Å². The number of hydrogen-bond acceptors (Lipinski definition) is 4. The molecule has 1 aromatic heterocycles. The summed E-state index contributed by atoms with van der Waals surface area (Å²) in [5, 5.41) is 4.19. The smallest absolute Gasteiger partial charge is 0.202 e. The van der Waals surface area contributed by atoms with E-state index >= 15 is 0 Å². The van der Waals surface area contributed by atoms with E-state index < -0.39 is 0 Å². The molecule has 1 unspecified atom stereocenters. The summed E-state index contributed by atoms with van der Waals surface area (Å²) in [6.07, 6.45) is 2.65. The maximum absolute atomic E-state index is 4.11. The van der Waals surface area contributed by atoms with Gasteiger partial charge in [-0.05, 0) is 24.5 Å². The molecule has 0 spiro atoms. The number of rotatable bonds is 4. The predicted octanol–water partition coefficient (Wildman–Crippen LogP) is 3.27. The lowest BCUT2D eigenvalue weighted by molar-refractivity contribution is 0.879. The Morgan fingerprint density at radius 2 is 2.06 bits per heavy atom. The van der Waals surface area contributed by atoms with Crippen molar-refractivity contribution in [2.24, 2.45) is 0 Å². The number of nitrogens with zero attached hydrogens (tertiary/aromatic N) is 2. The van der Waals surface area contributed by atoms with Crippen LogP contribution in [0.5, 0.6) is 0 Å². The van der Waals surface area contributed by atoms with Gasteiger partial charge >= 0.3 is 0 Å². The molecule has 1 aromatic carbocycles. The average molecular weight is 233 g/mol. The fourth-order valence-corrected chi connectivity index (χ4v) is 2.07. The minimum absolute atomic E-state index is 0.263. The van der Waals surface area contributed by atoms with Crippen LogP contribution in [0.2, 0.25) is 0 Å². The summed E-state index contributed by atoms with van der Waals surface area (Å²) in [4.78, 5) is 4.11. The largest absolute Gasteiger partial charge is 0.354 e. The molecule has 0 radical (unpaired) electrons. The van der Waals surface area contributed by atoms with Crippen LogP contribution < -0.4 is 5.32 Å². The molecule has 0 bridgehead atoms. The van der Waals surface area contributed by atoms with Crippen LogP contribution >= 0.6 is 11.5 Å². The first-order chi connectivity index (χ1) is 7.79. The van der Waals surface area contributed by atoms with Crippen molar-refractivity contribution in [1.29, 1.82) is 0 Å². The van der Waals surface area contributed by atoms with Gasteiger partial charge < -0.3 is 5.32 Å². The van der Waals surface area contributed by atoms with Gasteiger partial charge in [0.05, 0.1) is 6.04 Å². The second kappa shape index (κ2) is 5.07. The lowest BCUT2D eigenvalue weighted by Crippen LogP contribution is -2.06. The maximum atomic E-state index is 4.11. The van der Waals surface area contributed by atoms with Crippen molar-refractivity contribution in [1.82, 2.24) is 9.36 Å². The van der Waals surface area contributed by atoms with E-state index in [1.807, 2.05) is 0 Å². The van der Waals surface area contributed by atoms with E-state index in [1.54, 1.807) is 6.33 Å². The normalized spacial score (nSPS) is 12.4. The molecule has 16 heavy (non-hydrogen) atoms. The molecule has 0 aliphatic carbocycles. The van der Waals surface area contributed by atoms with Crippen molar-refractivity contribution in [3.05, 3.63) is 41.7 Å². The molecule has 0 saturated heterocycles. The zero-order chi connectivity index (χ0) is 11.4. The zero-order valence-electron chi connectivity index (χ0n) is 9.47. The van der Waals surface area contributed by atoms with Crippen LogP contribution in [0, 0.1) is 0 Å². The lowest BCUT2D eigenvalue weighted by atomic mass is 10.1. The molecule has 2 aromatic rings. The second-order valence-corrected chi connectivity index (χ2v) is 4.49. The van der Waals surface area contributed by atoms with Crippen LogP contribution in [-0.4, -0.2) is 9.36 Å². The molecular formula is C12H15N3S. The van der Waals surface area contributed by atoms with Gasteiger partial charge in [-0.1, -0.05) is 31.2 Å². The molecule has 2 rings (SSSR count). The summed E-state index contributed by atoms with van der Waals surface area (Å²) in [5.41, 5.74) is 2.64. The fourth-order valence-electron chi connectivity index (χ4n) is 1.55. The summed E-state index contributed by atoms with van der Waals surface area (Å²) in [7, 11) is 0. The van der Waals surface area contributed by atoms with E-state index in [-0.39, 0.29) is 6.04 Å². The highest BCUT2D eigenvalue weighted by Gasteiger charge is 2.06. The predicted molar refractivity (Wildman–Crippen MR) is 67.8 cm³/mol. The van der Waals surface area contributed by atoms with Gasteiger partial charge in [-0.2, -0.15) is 4.37 Å². The van der Waals surface area contributed by atoms with Crippen molar-refractivity contribution < 1.29 is 0 Å². The van der Waals surface area contributed by atoms with Gasteiger partial charge in [0.25, 0.3) is 0 Å². The molecule has 0 saturated carbocycles. The van der Waals surface area contributed by atoms with Gasteiger partial charge in [0.15, 0.2) is 0 Å². The number of anilines is 1. The minimum Gasteiger partial charge on any atom is -0.354 e. The zero-order valence-corrected chi connectivity index (χ0v) is 10.3. The summed E-state index contributed by atoms with van der Waals surface area (Å²) in [6, 6.07) is 8.94. The highest BCUT2D eigenvalue weighted by atomic mass is 32.1. The van der Waals surface area contributed by atoms with Crippen LogP contribution in [-0.2, 0) is 6.42 Å². The molecule has 1 atom stereocenters. The second-order valence-electron chi connectivity index (χ2n) is 3.71. The Bertz CT molecular complexity index is 422. The van der Waals surface area contributed by atoms with Gasteiger partial charge in [0, 0.05) is 11.5 Å². The molecule has 0 aliphatic rings. The number of aryl methyl sites for hydroxylation is 1. The summed E-state index contributed by atoms with van der Waals surface area (Å²) >= 11 is 1.38. The molecule has 0 aliphatic heterocycles. The van der Waals surface area contributed by atoms with E-state index in [9.17, 15) is 0 Å². The minimum atomic E-state index is 0.263. The molecule has 1 N–H and O–H groups in total. The molecular weight excluding hydrogens is 218 g/mol. The highest BCUT2D eigenvalue weighted by molar-refractivity contribution is 7.09. The van der Waals surface area contributed by atoms with E-state index in [0.29, 0.717) is 0 Å². The molecule has 84 valence electrons. The van der Waals surface area contributed by atoms with Crippen LogP contribution in [0.3, 0.4) is 0 Å². The van der Waals surface area contributed by atoms with Crippen molar-refractivity contribution in [3.63, 3.8) is 0 Å². The Balaban J connectivity index is 2.05. The van der Waals surface area contributed by atoms with Gasteiger partial charge in [0.2, 0.25) is 5.13 Å². The first-order valence-corrected chi connectivity index (χ1v) is 6.19. The monoisotopic (exact) mass is 233 g/mol. The summed E-state index contributed by atoms with van der Waals surface area (Å²) in [5.74, 6) is 0. The fraction of sp³-hybridized carbons (Fsp3) is 0.333. The molecule has 3 nitrogen and oxygen atoms in total.